The topological polar surface area (TPSA) is 26.3 Å². The van der Waals surface area contributed by atoms with Crippen molar-refractivity contribution in [3.8, 4) is 5.75 Å². The quantitative estimate of drug-likeness (QED) is 0.700. The summed E-state index contributed by atoms with van der Waals surface area (Å²) in [5.74, 6) is 0.750. The minimum atomic E-state index is 0.0568. The Hall–Kier alpha value is -0.830. The average Bonchev–Trinajstić information content (AvgIpc) is 2.52. The lowest BCUT2D eigenvalue weighted by molar-refractivity contribution is 0.0961. The molecular formula is C10H11BrO2. The number of rotatable bonds is 0. The smallest absolute Gasteiger partial charge is 0.203 e. The molecule has 0 aliphatic carbocycles. The zero-order valence-electron chi connectivity index (χ0n) is 7.63. The van der Waals surface area contributed by atoms with Crippen LogP contribution in [0.1, 0.15) is 24.2 Å². The van der Waals surface area contributed by atoms with Gasteiger partial charge in [-0.05, 0) is 18.2 Å². The maximum Gasteiger partial charge on any atom is 0.203 e. The fourth-order valence-corrected chi connectivity index (χ4v) is 1.43. The lowest BCUT2D eigenvalue weighted by atomic mass is 10.2. The van der Waals surface area contributed by atoms with Gasteiger partial charge in [-0.15, -0.1) is 0 Å². The summed E-state index contributed by atoms with van der Waals surface area (Å²) < 4.78 is 6.01. The van der Waals surface area contributed by atoms with Crippen LogP contribution in [0.5, 0.6) is 5.75 Å². The van der Waals surface area contributed by atoms with E-state index < -0.39 is 0 Å². The number of ketones is 1. The predicted octanol–water partition coefficient (Wildman–Crippen LogP) is 3.05. The van der Waals surface area contributed by atoms with Gasteiger partial charge in [0.2, 0.25) is 5.78 Å². The molecule has 0 saturated heterocycles. The summed E-state index contributed by atoms with van der Waals surface area (Å²) in [6.07, 6.45) is 0. The zero-order chi connectivity index (χ0) is 9.84. The summed E-state index contributed by atoms with van der Waals surface area (Å²) in [5, 5.41) is 0. The molecule has 0 unspecified atom stereocenters. The van der Waals surface area contributed by atoms with Crippen molar-refractivity contribution in [3.63, 3.8) is 0 Å². The van der Waals surface area contributed by atoms with Crippen molar-refractivity contribution in [1.29, 1.82) is 0 Å². The molecule has 2 rings (SSSR count). The first-order valence-electron chi connectivity index (χ1n) is 4.23. The van der Waals surface area contributed by atoms with Gasteiger partial charge in [0.05, 0.1) is 5.56 Å². The second kappa shape index (κ2) is 4.42. The van der Waals surface area contributed by atoms with E-state index in [0.717, 1.165) is 4.47 Å². The van der Waals surface area contributed by atoms with Crippen LogP contribution in [0.4, 0.5) is 0 Å². The van der Waals surface area contributed by atoms with Gasteiger partial charge in [0.15, 0.2) is 6.61 Å². The Labute approximate surface area is 86.0 Å². The van der Waals surface area contributed by atoms with E-state index in [1.54, 1.807) is 12.1 Å². The SMILES string of the molecule is CC.O=C1COc2ccc(Br)cc21. The summed E-state index contributed by atoms with van der Waals surface area (Å²) in [6, 6.07) is 5.44. The van der Waals surface area contributed by atoms with Crippen LogP contribution in [0.25, 0.3) is 0 Å². The molecular weight excluding hydrogens is 232 g/mol. The van der Waals surface area contributed by atoms with Gasteiger partial charge in [-0.1, -0.05) is 29.8 Å². The number of ether oxygens (including phenoxy) is 1. The second-order valence-corrected chi connectivity index (χ2v) is 3.27. The standard InChI is InChI=1S/C8H5BrO2.C2H6/c9-5-1-2-8-6(3-5)7(10)4-11-8;1-2/h1-3H,4H2;1-2H3. The number of carbonyl (C=O) groups excluding carboxylic acids is 1. The van der Waals surface area contributed by atoms with Crippen LogP contribution in [0, 0.1) is 0 Å². The van der Waals surface area contributed by atoms with Crippen LogP contribution in [0.2, 0.25) is 0 Å². The van der Waals surface area contributed by atoms with Gasteiger partial charge in [0.25, 0.3) is 0 Å². The normalized spacial score (nSPS) is 12.7. The van der Waals surface area contributed by atoms with E-state index >= 15 is 0 Å². The van der Waals surface area contributed by atoms with Crippen LogP contribution in [0.3, 0.4) is 0 Å². The first-order valence-corrected chi connectivity index (χ1v) is 5.02. The molecule has 1 aromatic rings. The molecule has 0 fully saturated rings. The summed E-state index contributed by atoms with van der Waals surface area (Å²) in [5.41, 5.74) is 0.680. The first-order chi connectivity index (χ1) is 6.27. The molecule has 1 aromatic carbocycles. The summed E-state index contributed by atoms with van der Waals surface area (Å²) in [7, 11) is 0. The Morgan fingerprint density at radius 1 is 1.38 bits per heavy atom. The molecule has 1 heterocycles. The molecule has 70 valence electrons. The first kappa shape index (κ1) is 10.3. The van der Waals surface area contributed by atoms with Crippen molar-refractivity contribution in [1.82, 2.24) is 0 Å². The zero-order valence-corrected chi connectivity index (χ0v) is 9.22. The Morgan fingerprint density at radius 2 is 2.08 bits per heavy atom. The molecule has 2 nitrogen and oxygen atoms in total. The fourth-order valence-electron chi connectivity index (χ4n) is 1.07. The number of Topliss-reactive ketones (excluding diaryl/α,β-unsaturated/α-hetero) is 1. The third kappa shape index (κ3) is 2.10. The minimum Gasteiger partial charge on any atom is -0.485 e. The van der Waals surface area contributed by atoms with Crippen LogP contribution < -0.4 is 4.74 Å². The van der Waals surface area contributed by atoms with E-state index in [1.165, 1.54) is 0 Å². The number of hydrogen-bond acceptors (Lipinski definition) is 2. The van der Waals surface area contributed by atoms with Gasteiger partial charge in [-0.25, -0.2) is 0 Å². The number of carbonyl (C=O) groups is 1. The fraction of sp³-hybridized carbons (Fsp3) is 0.300. The average molecular weight is 243 g/mol. The van der Waals surface area contributed by atoms with E-state index in [1.807, 2.05) is 19.9 Å². The molecule has 0 saturated carbocycles. The molecule has 3 heteroatoms. The van der Waals surface area contributed by atoms with Gasteiger partial charge in [-0.3, -0.25) is 4.79 Å². The Balaban J connectivity index is 0.000000396. The monoisotopic (exact) mass is 242 g/mol. The molecule has 0 N–H and O–H groups in total. The molecule has 13 heavy (non-hydrogen) atoms. The maximum absolute atomic E-state index is 11.1. The number of benzene rings is 1. The molecule has 1 aliphatic rings. The van der Waals surface area contributed by atoms with Crippen LogP contribution in [-0.2, 0) is 0 Å². The summed E-state index contributed by atoms with van der Waals surface area (Å²) >= 11 is 3.28. The molecule has 0 amide bonds. The predicted molar refractivity (Wildman–Crippen MR) is 55.3 cm³/mol. The van der Waals surface area contributed by atoms with Crippen molar-refractivity contribution in [2.24, 2.45) is 0 Å². The van der Waals surface area contributed by atoms with E-state index in [-0.39, 0.29) is 12.4 Å². The number of hydrogen-bond donors (Lipinski definition) is 0. The third-order valence-corrected chi connectivity index (χ3v) is 2.09. The highest BCUT2D eigenvalue weighted by Crippen LogP contribution is 2.27. The largest absolute Gasteiger partial charge is 0.485 e. The Morgan fingerprint density at radius 3 is 2.77 bits per heavy atom. The number of fused-ring (bicyclic) bond motifs is 1. The second-order valence-electron chi connectivity index (χ2n) is 2.35. The van der Waals surface area contributed by atoms with Crippen molar-refractivity contribution in [2.75, 3.05) is 6.61 Å². The van der Waals surface area contributed by atoms with E-state index in [0.29, 0.717) is 11.3 Å². The van der Waals surface area contributed by atoms with Gasteiger partial charge in [-0.2, -0.15) is 0 Å². The Kier molecular flexibility index (Phi) is 3.48. The van der Waals surface area contributed by atoms with Gasteiger partial charge >= 0.3 is 0 Å². The Bertz CT molecular complexity index is 321. The van der Waals surface area contributed by atoms with E-state index in [4.69, 9.17) is 4.74 Å². The van der Waals surface area contributed by atoms with Crippen molar-refractivity contribution in [2.45, 2.75) is 13.8 Å². The highest BCUT2D eigenvalue weighted by atomic mass is 79.9. The summed E-state index contributed by atoms with van der Waals surface area (Å²) in [6.45, 7) is 4.19. The summed E-state index contributed by atoms with van der Waals surface area (Å²) in [4.78, 5) is 11.1. The van der Waals surface area contributed by atoms with Gasteiger partial charge in [0, 0.05) is 4.47 Å². The molecule has 1 aliphatic heterocycles. The van der Waals surface area contributed by atoms with E-state index in [9.17, 15) is 4.79 Å². The molecule has 0 atom stereocenters. The lowest BCUT2D eigenvalue weighted by Gasteiger charge is -1.95. The van der Waals surface area contributed by atoms with Crippen molar-refractivity contribution >= 4 is 21.7 Å². The van der Waals surface area contributed by atoms with Crippen LogP contribution in [0.15, 0.2) is 22.7 Å². The lowest BCUT2D eigenvalue weighted by Crippen LogP contribution is -1.98. The number of halogens is 1. The third-order valence-electron chi connectivity index (χ3n) is 1.60. The van der Waals surface area contributed by atoms with Crippen LogP contribution >= 0.6 is 15.9 Å². The highest BCUT2D eigenvalue weighted by molar-refractivity contribution is 9.10. The molecule has 0 radical (unpaired) electrons. The molecule has 0 aromatic heterocycles. The highest BCUT2D eigenvalue weighted by Gasteiger charge is 2.20. The van der Waals surface area contributed by atoms with Crippen molar-refractivity contribution in [3.05, 3.63) is 28.2 Å². The van der Waals surface area contributed by atoms with E-state index in [2.05, 4.69) is 15.9 Å². The molecule has 0 spiro atoms. The minimum absolute atomic E-state index is 0.0568. The molecule has 0 bridgehead atoms. The van der Waals surface area contributed by atoms with Crippen LogP contribution in [-0.4, -0.2) is 12.4 Å². The van der Waals surface area contributed by atoms with Crippen molar-refractivity contribution < 1.29 is 9.53 Å². The van der Waals surface area contributed by atoms with Gasteiger partial charge in [0.1, 0.15) is 5.75 Å². The van der Waals surface area contributed by atoms with Gasteiger partial charge < -0.3 is 4.74 Å². The maximum atomic E-state index is 11.1.